The van der Waals surface area contributed by atoms with Crippen LogP contribution in [0.3, 0.4) is 0 Å². The number of benzene rings is 1. The van der Waals surface area contributed by atoms with Crippen molar-refractivity contribution < 1.29 is 13.4 Å². The topological polar surface area (TPSA) is 72.5 Å². The molecule has 1 fully saturated rings. The van der Waals surface area contributed by atoms with Gasteiger partial charge in [0.2, 0.25) is 5.89 Å². The highest BCUT2D eigenvalue weighted by molar-refractivity contribution is 7.83. The van der Waals surface area contributed by atoms with Crippen molar-refractivity contribution in [1.82, 2.24) is 19.2 Å². The summed E-state index contributed by atoms with van der Waals surface area (Å²) in [7, 11) is 0.401. The number of ether oxygens (including phenoxy) is 1. The van der Waals surface area contributed by atoms with E-state index in [1.807, 2.05) is 19.9 Å². The van der Waals surface area contributed by atoms with Crippen LogP contribution in [0.25, 0.3) is 16.6 Å². The Bertz CT molecular complexity index is 1350. The summed E-state index contributed by atoms with van der Waals surface area (Å²) in [6.45, 7) is 9.85. The Morgan fingerprint density at radius 1 is 1.31 bits per heavy atom. The fourth-order valence-corrected chi connectivity index (χ4v) is 7.53. The first-order valence-electron chi connectivity index (χ1n) is 13.2. The van der Waals surface area contributed by atoms with E-state index >= 15 is 0 Å². The summed E-state index contributed by atoms with van der Waals surface area (Å²) in [5.74, 6) is 1.54. The molecule has 1 N–H and O–H groups in total. The lowest BCUT2D eigenvalue weighted by Crippen LogP contribution is -2.50. The molecule has 0 amide bonds. The number of methoxy groups -OCH3 is 1. The van der Waals surface area contributed by atoms with Crippen molar-refractivity contribution in [2.45, 2.75) is 63.8 Å². The highest BCUT2D eigenvalue weighted by Gasteiger charge is 2.51. The van der Waals surface area contributed by atoms with Crippen LogP contribution in [-0.4, -0.2) is 52.0 Å². The van der Waals surface area contributed by atoms with Gasteiger partial charge in [-0.25, -0.2) is 13.9 Å². The van der Waals surface area contributed by atoms with Gasteiger partial charge in [-0.05, 0) is 76.3 Å². The van der Waals surface area contributed by atoms with Crippen molar-refractivity contribution in [2.24, 2.45) is 5.41 Å². The zero-order valence-electron chi connectivity index (χ0n) is 21.7. The molecule has 8 heteroatoms. The van der Waals surface area contributed by atoms with E-state index in [9.17, 15) is 4.21 Å². The van der Waals surface area contributed by atoms with E-state index in [-0.39, 0.29) is 5.41 Å². The Hall–Kier alpha value is -2.26. The van der Waals surface area contributed by atoms with Gasteiger partial charge in [0.25, 0.3) is 0 Å². The van der Waals surface area contributed by atoms with Crippen LogP contribution in [0.4, 0.5) is 0 Å². The first kappa shape index (κ1) is 24.1. The summed E-state index contributed by atoms with van der Waals surface area (Å²) in [6.07, 6.45) is 7.78. The van der Waals surface area contributed by atoms with Gasteiger partial charge < -0.3 is 13.7 Å². The SMILES string of the molecule is CC[C@@]12C=C(c3nc(C)c(C)o3)n3c4c(c5ccc(S(=O)NCCCOC)cc53)CCN(CCC1)[C@H]42. The number of oxazole rings is 1. The highest BCUT2D eigenvalue weighted by Crippen LogP contribution is 2.57. The molecule has 1 aromatic carbocycles. The molecule has 3 aliphatic heterocycles. The molecule has 0 bridgehead atoms. The molecule has 6 rings (SSSR count). The Morgan fingerprint density at radius 2 is 2.17 bits per heavy atom. The Kier molecular flexibility index (Phi) is 6.19. The monoisotopic (exact) mass is 508 g/mol. The molecule has 3 aromatic rings. The van der Waals surface area contributed by atoms with Crippen molar-refractivity contribution in [3.8, 4) is 0 Å². The Balaban J connectivity index is 1.54. The van der Waals surface area contributed by atoms with Crippen LogP contribution in [0.2, 0.25) is 0 Å². The standard InChI is InChI=1S/C28H36N4O3S/c1-5-28-11-6-13-31-14-10-22-21-9-8-20(36(33)29-12-7-15-34-4)16-23(21)32(25(22)26(28)31)24(17-28)27-30-18(2)19(3)35-27/h8-9,16-17,26,29H,5-7,10-15H2,1-4H3/t26-,28+,36?/m1/s1. The minimum absolute atomic E-state index is 0.0674. The van der Waals surface area contributed by atoms with Crippen molar-refractivity contribution in [2.75, 3.05) is 33.4 Å². The van der Waals surface area contributed by atoms with E-state index < -0.39 is 11.0 Å². The normalized spacial score (nSPS) is 24.1. The minimum atomic E-state index is -1.29. The number of aromatic nitrogens is 2. The summed E-state index contributed by atoms with van der Waals surface area (Å²) in [5, 5.41) is 1.26. The van der Waals surface area contributed by atoms with Gasteiger partial charge in [-0.1, -0.05) is 13.0 Å². The molecule has 1 unspecified atom stereocenters. The maximum atomic E-state index is 13.1. The van der Waals surface area contributed by atoms with Gasteiger partial charge in [-0.2, -0.15) is 0 Å². The number of rotatable bonds is 8. The molecule has 3 aliphatic rings. The summed E-state index contributed by atoms with van der Waals surface area (Å²) in [4.78, 5) is 8.34. The van der Waals surface area contributed by atoms with Crippen LogP contribution in [0.15, 0.2) is 33.6 Å². The number of nitrogens with zero attached hydrogens (tertiary/aromatic N) is 3. The molecule has 0 saturated carbocycles. The second-order valence-corrected chi connectivity index (χ2v) is 11.8. The maximum Gasteiger partial charge on any atom is 0.243 e. The number of fused-ring (bicyclic) bond motifs is 3. The van der Waals surface area contributed by atoms with Crippen LogP contribution < -0.4 is 4.72 Å². The number of piperidine rings is 1. The molecule has 3 atom stereocenters. The van der Waals surface area contributed by atoms with Crippen LogP contribution >= 0.6 is 0 Å². The average Bonchev–Trinajstić information content (AvgIpc) is 3.41. The molecule has 5 heterocycles. The van der Waals surface area contributed by atoms with Gasteiger partial charge in [0.05, 0.1) is 22.1 Å². The third-order valence-electron chi connectivity index (χ3n) is 8.53. The predicted molar refractivity (Wildman–Crippen MR) is 142 cm³/mol. The first-order chi connectivity index (χ1) is 17.5. The smallest absolute Gasteiger partial charge is 0.243 e. The van der Waals surface area contributed by atoms with Crippen LogP contribution in [0.5, 0.6) is 0 Å². The Labute approximate surface area is 215 Å². The molecule has 0 radical (unpaired) electrons. The third kappa shape index (κ3) is 3.64. The van der Waals surface area contributed by atoms with Crippen molar-refractivity contribution in [3.05, 3.63) is 52.9 Å². The van der Waals surface area contributed by atoms with Crippen LogP contribution in [-0.2, 0) is 22.1 Å². The predicted octanol–water partition coefficient (Wildman–Crippen LogP) is 4.89. The highest BCUT2D eigenvalue weighted by atomic mass is 32.2. The lowest BCUT2D eigenvalue weighted by molar-refractivity contribution is 0.0269. The molecule has 0 spiro atoms. The molecular weight excluding hydrogens is 472 g/mol. The van der Waals surface area contributed by atoms with Gasteiger partial charge in [0.1, 0.15) is 22.4 Å². The zero-order valence-corrected chi connectivity index (χ0v) is 22.5. The molecule has 192 valence electrons. The van der Waals surface area contributed by atoms with E-state index in [0.717, 1.165) is 59.9 Å². The maximum absolute atomic E-state index is 13.1. The zero-order chi connectivity index (χ0) is 25.0. The number of hydrogen-bond acceptors (Lipinski definition) is 5. The van der Waals surface area contributed by atoms with E-state index in [0.29, 0.717) is 25.1 Å². The van der Waals surface area contributed by atoms with Crippen LogP contribution in [0.1, 0.15) is 67.3 Å². The number of hydrogen-bond donors (Lipinski definition) is 1. The minimum Gasteiger partial charge on any atom is -0.440 e. The van der Waals surface area contributed by atoms with Crippen molar-refractivity contribution in [1.29, 1.82) is 0 Å². The average molecular weight is 509 g/mol. The molecule has 2 aromatic heterocycles. The Morgan fingerprint density at radius 3 is 2.92 bits per heavy atom. The third-order valence-corrected chi connectivity index (χ3v) is 9.68. The second-order valence-electron chi connectivity index (χ2n) is 10.5. The first-order valence-corrected chi connectivity index (χ1v) is 14.4. The summed E-state index contributed by atoms with van der Waals surface area (Å²) < 4.78 is 30.0. The van der Waals surface area contributed by atoms with E-state index in [1.165, 1.54) is 29.5 Å². The van der Waals surface area contributed by atoms with Gasteiger partial charge in [-0.15, -0.1) is 0 Å². The lowest BCUT2D eigenvalue weighted by atomic mass is 9.66. The van der Waals surface area contributed by atoms with Crippen molar-refractivity contribution in [3.63, 3.8) is 0 Å². The largest absolute Gasteiger partial charge is 0.440 e. The quantitative estimate of drug-likeness (QED) is 0.439. The van der Waals surface area contributed by atoms with Gasteiger partial charge in [0, 0.05) is 43.3 Å². The molecular formula is C28H36N4O3S. The fraction of sp³-hybridized carbons (Fsp3) is 0.536. The van der Waals surface area contributed by atoms with Crippen molar-refractivity contribution >= 4 is 27.6 Å². The van der Waals surface area contributed by atoms with Crippen LogP contribution in [0, 0.1) is 19.3 Å². The number of aryl methyl sites for hydroxylation is 2. The molecule has 7 nitrogen and oxygen atoms in total. The number of nitrogens with one attached hydrogen (secondary N) is 1. The van der Waals surface area contributed by atoms with E-state index in [2.05, 4.69) is 39.3 Å². The van der Waals surface area contributed by atoms with E-state index in [4.69, 9.17) is 14.1 Å². The van der Waals surface area contributed by atoms with E-state index in [1.54, 1.807) is 7.11 Å². The fourth-order valence-electron chi connectivity index (χ4n) is 6.63. The summed E-state index contributed by atoms with van der Waals surface area (Å²) in [6, 6.07) is 6.66. The van der Waals surface area contributed by atoms with Gasteiger partial charge >= 0.3 is 0 Å². The second kappa shape index (κ2) is 9.24. The summed E-state index contributed by atoms with van der Waals surface area (Å²) >= 11 is 0. The molecule has 1 saturated heterocycles. The van der Waals surface area contributed by atoms with Gasteiger partial charge in [-0.3, -0.25) is 4.90 Å². The summed E-state index contributed by atoms with van der Waals surface area (Å²) in [5.41, 5.74) is 5.95. The molecule has 36 heavy (non-hydrogen) atoms. The molecule has 0 aliphatic carbocycles. The lowest BCUT2D eigenvalue weighted by Gasteiger charge is -2.53. The van der Waals surface area contributed by atoms with Gasteiger partial charge in [0.15, 0.2) is 0 Å².